The second-order valence-corrected chi connectivity index (χ2v) is 11.7. The third-order valence-corrected chi connectivity index (χ3v) is 5.82. The molecule has 37 heavy (non-hydrogen) atoms. The number of thiazole rings is 1. The number of carbonyl (C=O) groups is 2. The number of aryl methyl sites for hydroxylation is 1. The van der Waals surface area contributed by atoms with Crippen LogP contribution >= 0.6 is 11.3 Å². The predicted octanol–water partition coefficient (Wildman–Crippen LogP) is 6.22. The van der Waals surface area contributed by atoms with Gasteiger partial charge in [0, 0.05) is 37.1 Å². The lowest BCUT2D eigenvalue weighted by Gasteiger charge is -2.25. The summed E-state index contributed by atoms with van der Waals surface area (Å²) in [5, 5.41) is 14.3. The summed E-state index contributed by atoms with van der Waals surface area (Å²) in [7, 11) is 1.94. The second-order valence-electron chi connectivity index (χ2n) is 10.8. The van der Waals surface area contributed by atoms with Crippen LogP contribution in [0.25, 0.3) is 0 Å². The molecule has 0 unspecified atom stereocenters. The van der Waals surface area contributed by atoms with E-state index in [0.29, 0.717) is 13.0 Å². The van der Waals surface area contributed by atoms with E-state index in [0.717, 1.165) is 48.9 Å². The van der Waals surface area contributed by atoms with Crippen LogP contribution in [0.2, 0.25) is 0 Å². The van der Waals surface area contributed by atoms with Crippen molar-refractivity contribution in [2.45, 2.75) is 78.4 Å². The quantitative estimate of drug-likeness (QED) is 0.151. The number of hydrogen-bond acceptors (Lipinski definition) is 8. The summed E-state index contributed by atoms with van der Waals surface area (Å²) in [5.41, 5.74) is 0.831. The monoisotopic (exact) mass is 532 g/mol. The summed E-state index contributed by atoms with van der Waals surface area (Å²) in [4.78, 5) is 26.2. The molecule has 2 aromatic rings. The molecule has 1 aromatic heterocycles. The Bertz CT molecular complexity index is 987. The molecule has 0 atom stereocenters. The van der Waals surface area contributed by atoms with Gasteiger partial charge >= 0.3 is 17.2 Å². The number of benzene rings is 1. The molecule has 1 N–H and O–H groups in total. The van der Waals surface area contributed by atoms with Crippen LogP contribution in [0.3, 0.4) is 0 Å². The van der Waals surface area contributed by atoms with Gasteiger partial charge in [0.2, 0.25) is 0 Å². The number of amides is 1. The van der Waals surface area contributed by atoms with E-state index in [1.54, 1.807) is 0 Å². The summed E-state index contributed by atoms with van der Waals surface area (Å²) in [6.45, 7) is 13.2. The molecule has 1 aromatic carbocycles. The SMILES string of the molecule is C[n+]1ccsc1N=Nc1ccc(N(CCCCC(=O)OC(C)(C)C)CCCNC(=O)OC(C)(C)C)cc1. The van der Waals surface area contributed by atoms with Crippen molar-refractivity contribution in [3.8, 4) is 0 Å². The summed E-state index contributed by atoms with van der Waals surface area (Å²) in [6, 6.07) is 7.94. The van der Waals surface area contributed by atoms with Crippen LogP contribution < -0.4 is 14.8 Å². The van der Waals surface area contributed by atoms with Crippen LogP contribution in [0, 0.1) is 0 Å². The van der Waals surface area contributed by atoms with E-state index in [9.17, 15) is 9.59 Å². The number of esters is 1. The fourth-order valence-electron chi connectivity index (χ4n) is 3.36. The first-order valence-corrected chi connectivity index (χ1v) is 13.6. The van der Waals surface area contributed by atoms with Crippen molar-refractivity contribution in [2.75, 3.05) is 24.5 Å². The van der Waals surface area contributed by atoms with E-state index in [-0.39, 0.29) is 5.97 Å². The first-order valence-electron chi connectivity index (χ1n) is 12.7. The number of nitrogens with zero attached hydrogens (tertiary/aromatic N) is 4. The molecule has 204 valence electrons. The van der Waals surface area contributed by atoms with Gasteiger partial charge in [-0.25, -0.2) is 9.36 Å². The van der Waals surface area contributed by atoms with Crippen molar-refractivity contribution >= 4 is 39.9 Å². The van der Waals surface area contributed by atoms with Gasteiger partial charge < -0.3 is 19.7 Å². The molecule has 0 spiro atoms. The van der Waals surface area contributed by atoms with E-state index >= 15 is 0 Å². The molecular weight excluding hydrogens is 490 g/mol. The molecule has 1 heterocycles. The van der Waals surface area contributed by atoms with Gasteiger partial charge in [0.05, 0.1) is 12.2 Å². The standard InChI is InChI=1S/C27H41N5O4S/c1-26(2,3)35-23(33)11-8-9-17-32(18-10-16-28-25(34)36-27(4,5)6)22-14-12-21(13-15-22)29-30-24-31(7)19-20-37-24/h12-15,19-20H,8-11,16-18H2,1-7H3/p+1. The Balaban J connectivity index is 1.95. The molecular formula is C27H42N5O4S+. The number of unbranched alkanes of at least 4 members (excludes halogenated alkanes) is 1. The zero-order valence-corrected chi connectivity index (χ0v) is 24.1. The Kier molecular flexibility index (Phi) is 11.5. The highest BCUT2D eigenvalue weighted by Crippen LogP contribution is 2.23. The number of anilines is 1. The van der Waals surface area contributed by atoms with Gasteiger partial charge in [0.15, 0.2) is 0 Å². The van der Waals surface area contributed by atoms with E-state index in [2.05, 4.69) is 20.4 Å². The number of nitrogens with one attached hydrogen (secondary N) is 1. The number of ether oxygens (including phenoxy) is 2. The van der Waals surface area contributed by atoms with Crippen LogP contribution in [-0.2, 0) is 21.3 Å². The normalized spacial score (nSPS) is 12.0. The molecule has 0 aliphatic carbocycles. The zero-order valence-electron chi connectivity index (χ0n) is 23.2. The Labute approximate surface area is 224 Å². The highest BCUT2D eigenvalue weighted by atomic mass is 32.1. The van der Waals surface area contributed by atoms with Crippen LogP contribution in [0.4, 0.5) is 21.3 Å². The molecule has 0 aliphatic heterocycles. The molecule has 10 heteroatoms. The van der Waals surface area contributed by atoms with Gasteiger partial charge in [0.25, 0.3) is 0 Å². The van der Waals surface area contributed by atoms with Gasteiger partial charge in [-0.2, -0.15) is 0 Å². The predicted molar refractivity (Wildman–Crippen MR) is 147 cm³/mol. The highest BCUT2D eigenvalue weighted by Gasteiger charge is 2.17. The highest BCUT2D eigenvalue weighted by molar-refractivity contribution is 7.12. The number of carbonyl (C=O) groups excluding carboxylic acids is 2. The first-order chi connectivity index (χ1) is 17.3. The lowest BCUT2D eigenvalue weighted by atomic mass is 10.1. The van der Waals surface area contributed by atoms with E-state index in [4.69, 9.17) is 9.47 Å². The Hall–Kier alpha value is -3.01. The van der Waals surface area contributed by atoms with Crippen LogP contribution in [0.1, 0.15) is 67.2 Å². The maximum absolute atomic E-state index is 12.0. The first kappa shape index (κ1) is 30.2. The minimum absolute atomic E-state index is 0.172. The summed E-state index contributed by atoms with van der Waals surface area (Å²) in [6.07, 6.45) is 4.26. The third kappa shape index (κ3) is 12.7. The largest absolute Gasteiger partial charge is 0.460 e. The lowest BCUT2D eigenvalue weighted by molar-refractivity contribution is -0.654. The Morgan fingerprint density at radius 2 is 1.59 bits per heavy atom. The van der Waals surface area contributed by atoms with Gasteiger partial charge in [-0.15, -0.1) is 0 Å². The summed E-state index contributed by atoms with van der Waals surface area (Å²) in [5.74, 6) is -0.172. The van der Waals surface area contributed by atoms with Crippen LogP contribution in [0.15, 0.2) is 46.1 Å². The molecule has 0 saturated carbocycles. The maximum Gasteiger partial charge on any atom is 0.408 e. The molecule has 0 saturated heterocycles. The Morgan fingerprint density at radius 3 is 2.19 bits per heavy atom. The Morgan fingerprint density at radius 1 is 0.946 bits per heavy atom. The van der Waals surface area contributed by atoms with Crippen molar-refractivity contribution in [2.24, 2.45) is 17.3 Å². The van der Waals surface area contributed by atoms with Crippen LogP contribution in [0.5, 0.6) is 0 Å². The molecule has 0 aliphatic rings. The van der Waals surface area contributed by atoms with Crippen molar-refractivity contribution in [1.29, 1.82) is 0 Å². The average molecular weight is 533 g/mol. The van der Waals surface area contributed by atoms with Gasteiger partial charge in [-0.05, 0) is 102 Å². The van der Waals surface area contributed by atoms with E-state index in [1.807, 2.05) is 89.0 Å². The molecule has 2 rings (SSSR count). The van der Waals surface area contributed by atoms with Crippen molar-refractivity contribution < 1.29 is 23.6 Å². The zero-order chi connectivity index (χ0) is 27.5. The number of rotatable bonds is 12. The third-order valence-electron chi connectivity index (χ3n) is 4.98. The minimum atomic E-state index is -0.524. The second kappa shape index (κ2) is 14.1. The van der Waals surface area contributed by atoms with Crippen molar-refractivity contribution in [3.63, 3.8) is 0 Å². The molecule has 9 nitrogen and oxygen atoms in total. The molecule has 0 radical (unpaired) electrons. The summed E-state index contributed by atoms with van der Waals surface area (Å²) >= 11 is 1.53. The molecule has 0 fully saturated rings. The van der Waals surface area contributed by atoms with E-state index in [1.165, 1.54) is 11.3 Å². The fraction of sp³-hybridized carbons (Fsp3) is 0.593. The van der Waals surface area contributed by atoms with Gasteiger partial charge in [-0.3, -0.25) is 4.79 Å². The van der Waals surface area contributed by atoms with Gasteiger partial charge in [-0.1, -0.05) is 0 Å². The lowest BCUT2D eigenvalue weighted by Crippen LogP contribution is -2.34. The fourth-order valence-corrected chi connectivity index (χ4v) is 4.04. The summed E-state index contributed by atoms with van der Waals surface area (Å²) < 4.78 is 12.6. The number of aromatic nitrogens is 1. The van der Waals surface area contributed by atoms with Gasteiger partial charge in [0.1, 0.15) is 23.1 Å². The molecule has 1 amide bonds. The number of azo groups is 1. The van der Waals surface area contributed by atoms with E-state index < -0.39 is 17.3 Å². The minimum Gasteiger partial charge on any atom is -0.460 e. The number of alkyl carbamates (subject to hydrolysis) is 1. The van der Waals surface area contributed by atoms with Crippen molar-refractivity contribution in [3.05, 3.63) is 35.8 Å². The van der Waals surface area contributed by atoms with Crippen LogP contribution in [-0.4, -0.2) is 42.9 Å². The topological polar surface area (TPSA) is 96.5 Å². The smallest absolute Gasteiger partial charge is 0.408 e. The number of hydrogen-bond donors (Lipinski definition) is 1. The average Bonchev–Trinajstić information content (AvgIpc) is 3.19. The molecule has 0 bridgehead atoms. The maximum atomic E-state index is 12.0. The van der Waals surface area contributed by atoms with Crippen molar-refractivity contribution in [1.82, 2.24) is 5.32 Å².